The summed E-state index contributed by atoms with van der Waals surface area (Å²) in [6.07, 6.45) is 4.12. The van der Waals surface area contributed by atoms with E-state index in [0.717, 1.165) is 55.5 Å². The predicted molar refractivity (Wildman–Crippen MR) is 143 cm³/mol. The minimum atomic E-state index is -1.11. The van der Waals surface area contributed by atoms with E-state index in [1.165, 1.54) is 4.90 Å². The van der Waals surface area contributed by atoms with Gasteiger partial charge in [0.1, 0.15) is 13.1 Å². The number of hydrogen-bond acceptors (Lipinski definition) is 5. The summed E-state index contributed by atoms with van der Waals surface area (Å²) in [6, 6.07) is 10.6. The molecule has 1 heterocycles. The van der Waals surface area contributed by atoms with Crippen molar-refractivity contribution in [2.24, 2.45) is 0 Å². The first-order chi connectivity index (χ1) is 17.6. The molecule has 0 aromatic heterocycles. The third-order valence-corrected chi connectivity index (χ3v) is 8.04. The molecule has 2 aliphatic rings. The highest BCUT2D eigenvalue weighted by atomic mass is 35.5. The largest absolute Gasteiger partial charge is 0.480 e. The number of benzene rings is 2. The van der Waals surface area contributed by atoms with Gasteiger partial charge in [0.15, 0.2) is 0 Å². The Morgan fingerprint density at radius 3 is 2.27 bits per heavy atom. The van der Waals surface area contributed by atoms with Crippen LogP contribution in [0.25, 0.3) is 0 Å². The molecule has 1 saturated heterocycles. The van der Waals surface area contributed by atoms with E-state index in [2.05, 4.69) is 4.90 Å². The van der Waals surface area contributed by atoms with Crippen LogP contribution in [0, 0.1) is 0 Å². The lowest BCUT2D eigenvalue weighted by Crippen LogP contribution is -2.48. The quantitative estimate of drug-likeness (QED) is 0.486. The summed E-state index contributed by atoms with van der Waals surface area (Å²) in [5.74, 6) is -2.29. The van der Waals surface area contributed by atoms with Crippen LogP contribution >= 0.6 is 23.2 Å². The van der Waals surface area contributed by atoms with Crippen molar-refractivity contribution in [3.8, 4) is 0 Å². The molecule has 0 bridgehead atoms. The number of anilines is 1. The van der Waals surface area contributed by atoms with Gasteiger partial charge in [-0.1, -0.05) is 35.3 Å². The van der Waals surface area contributed by atoms with Crippen molar-refractivity contribution in [3.63, 3.8) is 0 Å². The lowest BCUT2D eigenvalue weighted by atomic mass is 9.82. The summed E-state index contributed by atoms with van der Waals surface area (Å²) in [7, 11) is 1.81. The number of aryl methyl sites for hydroxylation is 1. The van der Waals surface area contributed by atoms with Crippen molar-refractivity contribution in [2.75, 3.05) is 38.1 Å². The molecule has 2 atom stereocenters. The number of likely N-dealkylation sites (tertiary alicyclic amines) is 1. The molecule has 4 rings (SSSR count). The van der Waals surface area contributed by atoms with Crippen LogP contribution in [0.15, 0.2) is 36.4 Å². The highest BCUT2D eigenvalue weighted by Gasteiger charge is 2.39. The zero-order valence-corrected chi connectivity index (χ0v) is 22.2. The van der Waals surface area contributed by atoms with E-state index in [9.17, 15) is 24.6 Å². The van der Waals surface area contributed by atoms with Crippen molar-refractivity contribution in [1.29, 1.82) is 0 Å². The maximum atomic E-state index is 13.6. The number of rotatable bonds is 9. The molecule has 0 spiro atoms. The van der Waals surface area contributed by atoms with E-state index in [-0.39, 0.29) is 24.4 Å². The fourth-order valence-electron chi connectivity index (χ4n) is 5.54. The first-order valence-electron chi connectivity index (χ1n) is 12.4. The van der Waals surface area contributed by atoms with Gasteiger partial charge < -0.3 is 20.0 Å². The zero-order chi connectivity index (χ0) is 26.7. The summed E-state index contributed by atoms with van der Waals surface area (Å²) in [5.41, 5.74) is 3.30. The van der Waals surface area contributed by atoms with Gasteiger partial charge in [0.2, 0.25) is 5.91 Å². The Balaban J connectivity index is 1.69. The number of fused-ring (bicyclic) bond motifs is 1. The standard InChI is InChI=1S/C27H31Cl2N3O5/c1-30(24(33)13-17-4-8-21(28)22(29)12-17)27-20-14-19(32(15-25(34)35)16-26(36)37)7-5-18(20)6-9-23(27)31-10-2-3-11-31/h4-5,7-8,12,14,23,27H,2-3,6,9-11,13,15-16H2,1H3,(H,34,35)(H,36,37)/t23-,27-/m0/s1. The fraction of sp³-hybridized carbons (Fsp3) is 0.444. The van der Waals surface area contributed by atoms with Crippen molar-refractivity contribution in [2.45, 2.75) is 44.2 Å². The Bertz CT molecular complexity index is 1170. The number of hydrogen-bond donors (Lipinski definition) is 2. The predicted octanol–water partition coefficient (Wildman–Crippen LogP) is 4.12. The van der Waals surface area contributed by atoms with Gasteiger partial charge in [0.25, 0.3) is 0 Å². The second kappa shape index (κ2) is 11.7. The molecule has 37 heavy (non-hydrogen) atoms. The van der Waals surface area contributed by atoms with E-state index in [1.54, 1.807) is 29.2 Å². The van der Waals surface area contributed by atoms with Crippen LogP contribution in [-0.2, 0) is 27.2 Å². The SMILES string of the molecule is CN(C(=O)Cc1ccc(Cl)c(Cl)c1)[C@H]1c2cc(N(CC(=O)O)CC(=O)O)ccc2CC[C@@H]1N1CCCC1. The Labute approximate surface area is 226 Å². The van der Waals surface area contributed by atoms with Crippen LogP contribution in [0.1, 0.15) is 42.0 Å². The summed E-state index contributed by atoms with van der Waals surface area (Å²) >= 11 is 12.2. The number of likely N-dealkylation sites (N-methyl/N-ethyl adjacent to an activating group) is 1. The van der Waals surface area contributed by atoms with Crippen LogP contribution in [0.2, 0.25) is 10.0 Å². The number of nitrogens with zero attached hydrogens (tertiary/aromatic N) is 3. The van der Waals surface area contributed by atoms with E-state index in [4.69, 9.17) is 23.2 Å². The van der Waals surface area contributed by atoms with Crippen molar-refractivity contribution in [3.05, 3.63) is 63.1 Å². The molecule has 0 unspecified atom stereocenters. The summed E-state index contributed by atoms with van der Waals surface area (Å²) in [4.78, 5) is 42.0. The molecule has 1 aliphatic carbocycles. The van der Waals surface area contributed by atoms with E-state index in [0.29, 0.717) is 15.7 Å². The van der Waals surface area contributed by atoms with Gasteiger partial charge in [-0.05, 0) is 79.7 Å². The molecule has 1 aliphatic heterocycles. The van der Waals surface area contributed by atoms with Gasteiger partial charge in [-0.25, -0.2) is 0 Å². The molecular weight excluding hydrogens is 517 g/mol. The van der Waals surface area contributed by atoms with Crippen LogP contribution in [0.3, 0.4) is 0 Å². The van der Waals surface area contributed by atoms with Gasteiger partial charge in [-0.15, -0.1) is 0 Å². The first kappa shape index (κ1) is 27.2. The maximum Gasteiger partial charge on any atom is 0.323 e. The number of aliphatic carboxylic acids is 2. The third-order valence-electron chi connectivity index (χ3n) is 7.30. The molecule has 10 heteroatoms. The smallest absolute Gasteiger partial charge is 0.323 e. The molecule has 2 aromatic rings. The van der Waals surface area contributed by atoms with Crippen LogP contribution in [0.4, 0.5) is 5.69 Å². The average molecular weight is 548 g/mol. The Hall–Kier alpha value is -2.81. The second-order valence-electron chi connectivity index (χ2n) is 9.75. The molecule has 2 aromatic carbocycles. The minimum absolute atomic E-state index is 0.0706. The van der Waals surface area contributed by atoms with Gasteiger partial charge in [-0.2, -0.15) is 0 Å². The van der Waals surface area contributed by atoms with Crippen molar-refractivity contribution >= 4 is 46.7 Å². The van der Waals surface area contributed by atoms with E-state index in [1.807, 2.05) is 19.2 Å². The maximum absolute atomic E-state index is 13.6. The zero-order valence-electron chi connectivity index (χ0n) is 20.7. The molecule has 1 amide bonds. The summed E-state index contributed by atoms with van der Waals surface area (Å²) in [6.45, 7) is 1.07. The number of halogens is 2. The van der Waals surface area contributed by atoms with Crippen molar-refractivity contribution in [1.82, 2.24) is 9.80 Å². The van der Waals surface area contributed by atoms with Crippen LogP contribution < -0.4 is 4.90 Å². The summed E-state index contributed by atoms with van der Waals surface area (Å²) < 4.78 is 0. The normalized spacial score (nSPS) is 19.3. The lowest BCUT2D eigenvalue weighted by Gasteiger charge is -2.44. The number of amides is 1. The second-order valence-corrected chi connectivity index (χ2v) is 10.6. The molecule has 0 saturated carbocycles. The van der Waals surface area contributed by atoms with Gasteiger partial charge in [0.05, 0.1) is 22.5 Å². The minimum Gasteiger partial charge on any atom is -0.480 e. The molecule has 1 fully saturated rings. The number of carboxylic acid groups (broad SMARTS) is 2. The summed E-state index contributed by atoms with van der Waals surface area (Å²) in [5, 5.41) is 19.5. The van der Waals surface area contributed by atoms with Crippen molar-refractivity contribution < 1.29 is 24.6 Å². The molecule has 198 valence electrons. The number of carbonyl (C=O) groups is 3. The topological polar surface area (TPSA) is 101 Å². The van der Waals surface area contributed by atoms with Crippen LogP contribution in [-0.4, -0.2) is 77.1 Å². The molecule has 8 nitrogen and oxygen atoms in total. The van der Waals surface area contributed by atoms with Crippen LogP contribution in [0.5, 0.6) is 0 Å². The highest BCUT2D eigenvalue weighted by molar-refractivity contribution is 6.42. The van der Waals surface area contributed by atoms with Gasteiger partial charge in [0, 0.05) is 18.8 Å². The van der Waals surface area contributed by atoms with E-state index >= 15 is 0 Å². The highest BCUT2D eigenvalue weighted by Crippen LogP contribution is 2.40. The number of carbonyl (C=O) groups excluding carboxylic acids is 1. The van der Waals surface area contributed by atoms with E-state index < -0.39 is 25.0 Å². The first-order valence-corrected chi connectivity index (χ1v) is 13.1. The average Bonchev–Trinajstić information content (AvgIpc) is 3.38. The molecular formula is C27H31Cl2N3O5. The number of carboxylic acids is 2. The molecule has 0 radical (unpaired) electrons. The Kier molecular flexibility index (Phi) is 8.62. The molecule has 2 N–H and O–H groups in total. The van der Waals surface area contributed by atoms with Gasteiger partial charge in [-0.3, -0.25) is 19.3 Å². The monoisotopic (exact) mass is 547 g/mol. The third kappa shape index (κ3) is 6.37. The Morgan fingerprint density at radius 1 is 0.973 bits per heavy atom. The Morgan fingerprint density at radius 2 is 1.65 bits per heavy atom. The fourth-order valence-corrected chi connectivity index (χ4v) is 5.86. The van der Waals surface area contributed by atoms with Gasteiger partial charge >= 0.3 is 11.9 Å². The lowest BCUT2D eigenvalue weighted by molar-refractivity contribution is -0.136.